The third-order valence-corrected chi connectivity index (χ3v) is 4.11. The average molecular weight is 315 g/mol. The van der Waals surface area contributed by atoms with Gasteiger partial charge in [-0.1, -0.05) is 6.07 Å². The van der Waals surface area contributed by atoms with Crippen molar-refractivity contribution < 1.29 is 4.74 Å². The van der Waals surface area contributed by atoms with Crippen molar-refractivity contribution in [2.24, 2.45) is 0 Å². The number of H-pyrrole nitrogens is 1. The van der Waals surface area contributed by atoms with E-state index in [1.165, 1.54) is 5.39 Å². The van der Waals surface area contributed by atoms with Crippen molar-refractivity contribution in [2.75, 3.05) is 7.11 Å². The van der Waals surface area contributed by atoms with Gasteiger partial charge in [-0.15, -0.1) is 0 Å². The Bertz CT molecular complexity index is 1020. The Morgan fingerprint density at radius 3 is 2.67 bits per heavy atom. The molecule has 4 rings (SSSR count). The molecule has 0 fully saturated rings. The number of benzene rings is 1. The normalized spacial score (nSPS) is 10.9. The minimum absolute atomic E-state index is 0.759. The summed E-state index contributed by atoms with van der Waals surface area (Å²) in [6, 6.07) is 14.6. The highest BCUT2D eigenvalue weighted by atomic mass is 16.5. The lowest BCUT2D eigenvalue weighted by Crippen LogP contribution is -1.86. The number of pyridine rings is 2. The molecule has 0 aliphatic heterocycles. The van der Waals surface area contributed by atoms with E-state index >= 15 is 0 Å². The number of aromatic amines is 1. The number of hydrogen-bond acceptors (Lipinski definition) is 3. The van der Waals surface area contributed by atoms with Crippen LogP contribution >= 0.6 is 0 Å². The van der Waals surface area contributed by atoms with Gasteiger partial charge in [0.1, 0.15) is 5.75 Å². The molecule has 0 atom stereocenters. The highest BCUT2D eigenvalue weighted by molar-refractivity contribution is 5.89. The molecule has 0 unspecified atom stereocenters. The van der Waals surface area contributed by atoms with Crippen LogP contribution in [0.25, 0.3) is 33.3 Å². The SMILES string of the molecule is COc1cncc(-c2ccc3[nH]c(-c4ccnc(C)c4)cc3c2)c1. The zero-order valence-electron chi connectivity index (χ0n) is 13.6. The third kappa shape index (κ3) is 2.63. The van der Waals surface area contributed by atoms with E-state index in [9.17, 15) is 0 Å². The minimum atomic E-state index is 0.759. The molecule has 0 aliphatic carbocycles. The van der Waals surface area contributed by atoms with Gasteiger partial charge in [0, 0.05) is 45.8 Å². The fourth-order valence-electron chi connectivity index (χ4n) is 2.87. The second-order valence-corrected chi connectivity index (χ2v) is 5.78. The first-order chi connectivity index (χ1) is 11.7. The summed E-state index contributed by atoms with van der Waals surface area (Å²) in [7, 11) is 1.65. The lowest BCUT2D eigenvalue weighted by Gasteiger charge is -2.04. The zero-order chi connectivity index (χ0) is 16.5. The van der Waals surface area contributed by atoms with E-state index in [4.69, 9.17) is 4.74 Å². The van der Waals surface area contributed by atoms with Crippen molar-refractivity contribution in [1.82, 2.24) is 15.0 Å². The van der Waals surface area contributed by atoms with Crippen molar-refractivity contribution in [3.63, 3.8) is 0 Å². The standard InChI is InChI=1S/C20H17N3O/c1-13-7-15(5-6-22-13)20-10-16-8-14(3-4-19(16)23-20)17-9-18(24-2)12-21-11-17/h3-12,23H,1-2H3. The lowest BCUT2D eigenvalue weighted by molar-refractivity contribution is 0.413. The van der Waals surface area contributed by atoms with Gasteiger partial charge in [-0.2, -0.15) is 0 Å². The van der Waals surface area contributed by atoms with Crippen LogP contribution in [-0.4, -0.2) is 22.1 Å². The maximum atomic E-state index is 5.26. The van der Waals surface area contributed by atoms with Gasteiger partial charge >= 0.3 is 0 Å². The fourth-order valence-corrected chi connectivity index (χ4v) is 2.87. The first-order valence-corrected chi connectivity index (χ1v) is 7.78. The van der Waals surface area contributed by atoms with Gasteiger partial charge in [0.05, 0.1) is 13.3 Å². The van der Waals surface area contributed by atoms with E-state index in [-0.39, 0.29) is 0 Å². The van der Waals surface area contributed by atoms with E-state index in [0.717, 1.165) is 39.3 Å². The topological polar surface area (TPSA) is 50.8 Å². The third-order valence-electron chi connectivity index (χ3n) is 4.11. The molecular formula is C20H17N3O. The summed E-state index contributed by atoms with van der Waals surface area (Å²) >= 11 is 0. The molecule has 4 aromatic rings. The molecule has 4 nitrogen and oxygen atoms in total. The first-order valence-electron chi connectivity index (χ1n) is 7.78. The van der Waals surface area contributed by atoms with Gasteiger partial charge in [0.15, 0.2) is 0 Å². The highest BCUT2D eigenvalue weighted by Crippen LogP contribution is 2.29. The number of methoxy groups -OCH3 is 1. The van der Waals surface area contributed by atoms with Crippen LogP contribution in [-0.2, 0) is 0 Å². The van der Waals surface area contributed by atoms with Crippen LogP contribution in [0.1, 0.15) is 5.69 Å². The average Bonchev–Trinajstić information content (AvgIpc) is 3.05. The molecule has 4 heteroatoms. The second kappa shape index (κ2) is 5.81. The molecule has 118 valence electrons. The van der Waals surface area contributed by atoms with Crippen LogP contribution in [0.5, 0.6) is 5.75 Å². The van der Waals surface area contributed by atoms with Crippen molar-refractivity contribution in [1.29, 1.82) is 0 Å². The maximum Gasteiger partial charge on any atom is 0.137 e. The number of aromatic nitrogens is 3. The summed E-state index contributed by atoms with van der Waals surface area (Å²) in [6.07, 6.45) is 5.40. The second-order valence-electron chi connectivity index (χ2n) is 5.78. The van der Waals surface area contributed by atoms with Gasteiger partial charge in [-0.05, 0) is 48.9 Å². The summed E-state index contributed by atoms with van der Waals surface area (Å²) in [4.78, 5) is 12.0. The Hall–Kier alpha value is -3.14. The monoisotopic (exact) mass is 315 g/mol. The number of ether oxygens (including phenoxy) is 1. The van der Waals surface area contributed by atoms with E-state index < -0.39 is 0 Å². The van der Waals surface area contributed by atoms with Gasteiger partial charge in [-0.25, -0.2) is 0 Å². The summed E-state index contributed by atoms with van der Waals surface area (Å²) in [5, 5.41) is 1.17. The van der Waals surface area contributed by atoms with Gasteiger partial charge in [0.2, 0.25) is 0 Å². The number of nitrogens with zero attached hydrogens (tertiary/aromatic N) is 2. The largest absolute Gasteiger partial charge is 0.495 e. The minimum Gasteiger partial charge on any atom is -0.495 e. The number of hydrogen-bond donors (Lipinski definition) is 1. The van der Waals surface area contributed by atoms with Crippen molar-refractivity contribution in [2.45, 2.75) is 6.92 Å². The van der Waals surface area contributed by atoms with Gasteiger partial charge in [-0.3, -0.25) is 9.97 Å². The van der Waals surface area contributed by atoms with Crippen LogP contribution in [0.4, 0.5) is 0 Å². The number of rotatable bonds is 3. The van der Waals surface area contributed by atoms with Crippen molar-refractivity contribution >= 4 is 10.9 Å². The van der Waals surface area contributed by atoms with Crippen LogP contribution in [0, 0.1) is 6.92 Å². The van der Waals surface area contributed by atoms with Crippen molar-refractivity contribution in [3.8, 4) is 28.1 Å². The number of fused-ring (bicyclic) bond motifs is 1. The van der Waals surface area contributed by atoms with Crippen LogP contribution < -0.4 is 4.74 Å². The summed E-state index contributed by atoms with van der Waals surface area (Å²) < 4.78 is 5.26. The summed E-state index contributed by atoms with van der Waals surface area (Å²) in [5.41, 5.74) is 6.51. The first kappa shape index (κ1) is 14.5. The smallest absolute Gasteiger partial charge is 0.137 e. The molecule has 0 amide bonds. The van der Waals surface area contributed by atoms with E-state index in [0.29, 0.717) is 0 Å². The molecule has 1 N–H and O–H groups in total. The Kier molecular flexibility index (Phi) is 3.50. The Morgan fingerprint density at radius 1 is 0.917 bits per heavy atom. The quantitative estimate of drug-likeness (QED) is 0.600. The van der Waals surface area contributed by atoms with Crippen molar-refractivity contribution in [3.05, 3.63) is 66.7 Å². The lowest BCUT2D eigenvalue weighted by atomic mass is 10.1. The molecule has 0 spiro atoms. The zero-order valence-corrected chi connectivity index (χ0v) is 13.6. The molecule has 24 heavy (non-hydrogen) atoms. The molecule has 0 saturated carbocycles. The van der Waals surface area contributed by atoms with Gasteiger partial charge < -0.3 is 9.72 Å². The van der Waals surface area contributed by atoms with Crippen LogP contribution in [0.15, 0.2) is 61.1 Å². The predicted molar refractivity (Wildman–Crippen MR) is 96.0 cm³/mol. The van der Waals surface area contributed by atoms with Crippen LogP contribution in [0.2, 0.25) is 0 Å². The molecular weight excluding hydrogens is 298 g/mol. The number of aryl methyl sites for hydroxylation is 1. The Balaban J connectivity index is 1.78. The molecule has 0 radical (unpaired) electrons. The van der Waals surface area contributed by atoms with E-state index in [2.05, 4.69) is 45.3 Å². The Labute approximate surface area is 140 Å². The summed E-state index contributed by atoms with van der Waals surface area (Å²) in [6.45, 7) is 2.00. The number of nitrogens with one attached hydrogen (secondary N) is 1. The molecule has 3 aromatic heterocycles. The summed E-state index contributed by atoms with van der Waals surface area (Å²) in [5.74, 6) is 0.759. The Morgan fingerprint density at radius 2 is 1.83 bits per heavy atom. The van der Waals surface area contributed by atoms with Gasteiger partial charge in [0.25, 0.3) is 0 Å². The molecule has 0 bridgehead atoms. The fraction of sp³-hybridized carbons (Fsp3) is 0.100. The van der Waals surface area contributed by atoms with Crippen LogP contribution in [0.3, 0.4) is 0 Å². The molecule has 0 aliphatic rings. The molecule has 0 saturated heterocycles. The van der Waals surface area contributed by atoms with E-state index in [1.54, 1.807) is 13.3 Å². The molecule has 1 aromatic carbocycles. The maximum absolute atomic E-state index is 5.26. The predicted octanol–water partition coefficient (Wildman–Crippen LogP) is 4.61. The van der Waals surface area contributed by atoms with E-state index in [1.807, 2.05) is 31.5 Å². The molecule has 3 heterocycles. The highest BCUT2D eigenvalue weighted by Gasteiger charge is 2.07.